The number of phenols is 4. The second kappa shape index (κ2) is 8.87. The van der Waals surface area contributed by atoms with Crippen LogP contribution in [0.1, 0.15) is 49.9 Å². The lowest BCUT2D eigenvalue weighted by Crippen LogP contribution is -2.46. The molecule has 1 unspecified atom stereocenters. The van der Waals surface area contributed by atoms with Gasteiger partial charge in [0.15, 0.2) is 17.3 Å². The summed E-state index contributed by atoms with van der Waals surface area (Å²) in [5, 5.41) is 46.7. The Morgan fingerprint density at radius 3 is 2.09 bits per heavy atom. The van der Waals surface area contributed by atoms with E-state index in [-0.39, 0.29) is 57.5 Å². The van der Waals surface area contributed by atoms with Gasteiger partial charge in [-0.15, -0.1) is 0 Å². The fourth-order valence-corrected chi connectivity index (χ4v) is 3.60. The predicted octanol–water partition coefficient (Wildman–Crippen LogP) is 2.62. The van der Waals surface area contributed by atoms with Gasteiger partial charge in [-0.25, -0.2) is 0 Å². The molecule has 1 aliphatic carbocycles. The van der Waals surface area contributed by atoms with Crippen molar-refractivity contribution in [2.75, 3.05) is 0 Å². The molecule has 0 aromatic heterocycles. The van der Waals surface area contributed by atoms with Crippen molar-refractivity contribution >= 4 is 17.5 Å². The summed E-state index contributed by atoms with van der Waals surface area (Å²) in [7, 11) is 0. The first kappa shape index (κ1) is 24.3. The molecule has 0 fully saturated rings. The molecule has 0 radical (unpaired) electrons. The average molecular weight is 465 g/mol. The average Bonchev–Trinajstić information content (AvgIpc) is 2.74. The van der Waals surface area contributed by atoms with Crippen molar-refractivity contribution in [1.29, 1.82) is 0 Å². The Bertz CT molecular complexity index is 1330. The second-order valence-electron chi connectivity index (χ2n) is 8.29. The Balaban J connectivity index is 0.000000197. The van der Waals surface area contributed by atoms with Crippen LogP contribution in [0.2, 0.25) is 0 Å². The number of ketones is 2. The molecule has 1 aliphatic rings. The number of aliphatic carboxylic acids is 1. The Labute approximate surface area is 194 Å². The first-order valence-corrected chi connectivity index (χ1v) is 10.1. The van der Waals surface area contributed by atoms with Crippen molar-refractivity contribution in [3.63, 3.8) is 0 Å². The summed E-state index contributed by atoms with van der Waals surface area (Å²) < 4.78 is 0. The molecule has 0 saturated carbocycles. The van der Waals surface area contributed by atoms with Crippen LogP contribution in [-0.2, 0) is 11.2 Å². The third kappa shape index (κ3) is 4.55. The molecular formula is C25H23NO8. The highest BCUT2D eigenvalue weighted by atomic mass is 16.4. The molecule has 9 nitrogen and oxygen atoms in total. The van der Waals surface area contributed by atoms with E-state index < -0.39 is 17.3 Å². The number of fused-ring (bicyclic) bond motifs is 2. The minimum absolute atomic E-state index is 0.0374. The Hall–Kier alpha value is -4.37. The molecule has 0 amide bonds. The molecule has 0 spiro atoms. The number of aromatic hydroxyl groups is 4. The lowest BCUT2D eigenvalue weighted by molar-refractivity contribution is -0.142. The maximum Gasteiger partial charge on any atom is 0.323 e. The lowest BCUT2D eigenvalue weighted by Gasteiger charge is -2.19. The molecule has 0 saturated heterocycles. The fourth-order valence-electron chi connectivity index (χ4n) is 3.60. The number of benzene rings is 3. The van der Waals surface area contributed by atoms with Crippen LogP contribution in [-0.4, -0.2) is 48.6 Å². The monoisotopic (exact) mass is 465 g/mol. The predicted molar refractivity (Wildman–Crippen MR) is 122 cm³/mol. The van der Waals surface area contributed by atoms with E-state index in [2.05, 4.69) is 0 Å². The quantitative estimate of drug-likeness (QED) is 0.248. The zero-order chi connectivity index (χ0) is 25.4. The zero-order valence-corrected chi connectivity index (χ0v) is 18.4. The van der Waals surface area contributed by atoms with Gasteiger partial charge in [0.1, 0.15) is 17.0 Å². The number of carboxylic acids is 1. The van der Waals surface area contributed by atoms with Crippen LogP contribution >= 0.6 is 0 Å². The molecule has 3 aromatic rings. The van der Waals surface area contributed by atoms with E-state index in [9.17, 15) is 29.7 Å². The number of phenolic OH excluding ortho intramolecular Hbond substituents is 4. The maximum absolute atomic E-state index is 12.3. The van der Waals surface area contributed by atoms with Crippen LogP contribution in [0.15, 0.2) is 48.5 Å². The van der Waals surface area contributed by atoms with E-state index in [0.29, 0.717) is 11.1 Å². The smallest absolute Gasteiger partial charge is 0.323 e. The van der Waals surface area contributed by atoms with E-state index in [1.807, 2.05) is 0 Å². The van der Waals surface area contributed by atoms with Gasteiger partial charge in [-0.3, -0.25) is 14.4 Å². The van der Waals surface area contributed by atoms with Crippen LogP contribution in [0.25, 0.3) is 0 Å². The first-order valence-electron chi connectivity index (χ1n) is 10.1. The molecule has 0 aliphatic heterocycles. The highest BCUT2D eigenvalue weighted by Gasteiger charge is 2.34. The number of nitrogens with two attached hydrogens (primary N) is 1. The maximum atomic E-state index is 12.3. The van der Waals surface area contributed by atoms with Crippen molar-refractivity contribution in [3.05, 3.63) is 81.9 Å². The lowest BCUT2D eigenvalue weighted by atomic mass is 9.82. The van der Waals surface area contributed by atoms with Gasteiger partial charge in [-0.2, -0.15) is 0 Å². The first-order chi connectivity index (χ1) is 15.8. The summed E-state index contributed by atoms with van der Waals surface area (Å²) in [4.78, 5) is 35.4. The van der Waals surface area contributed by atoms with Gasteiger partial charge in [-0.1, -0.05) is 18.2 Å². The summed E-state index contributed by atoms with van der Waals surface area (Å²) in [5.41, 5.74) is 5.67. The van der Waals surface area contributed by atoms with Gasteiger partial charge in [0.2, 0.25) is 5.78 Å². The van der Waals surface area contributed by atoms with E-state index >= 15 is 0 Å². The minimum atomic E-state index is -1.39. The molecule has 0 bridgehead atoms. The number of aryl methyl sites for hydroxylation is 1. The van der Waals surface area contributed by atoms with Crippen molar-refractivity contribution in [1.82, 2.24) is 0 Å². The largest absolute Gasteiger partial charge is 0.507 e. The summed E-state index contributed by atoms with van der Waals surface area (Å²) in [6.45, 7) is 3.12. The summed E-state index contributed by atoms with van der Waals surface area (Å²) in [6.07, 6.45) is 0.0795. The molecule has 4 rings (SSSR count). The highest BCUT2D eigenvalue weighted by molar-refractivity contribution is 6.30. The Kier molecular flexibility index (Phi) is 6.34. The van der Waals surface area contributed by atoms with Gasteiger partial charge in [0.05, 0.1) is 11.1 Å². The van der Waals surface area contributed by atoms with Crippen LogP contribution in [0.4, 0.5) is 0 Å². The number of carboxylic acid groups (broad SMARTS) is 1. The van der Waals surface area contributed by atoms with E-state index in [4.69, 9.17) is 15.9 Å². The zero-order valence-electron chi connectivity index (χ0n) is 18.4. The summed E-state index contributed by atoms with van der Waals surface area (Å²) in [5.74, 6) is -3.01. The van der Waals surface area contributed by atoms with Crippen molar-refractivity contribution in [3.8, 4) is 23.0 Å². The molecule has 7 N–H and O–H groups in total. The van der Waals surface area contributed by atoms with Gasteiger partial charge >= 0.3 is 5.97 Å². The van der Waals surface area contributed by atoms with Gasteiger partial charge < -0.3 is 31.3 Å². The summed E-state index contributed by atoms with van der Waals surface area (Å²) >= 11 is 0. The number of hydrogen-bond acceptors (Lipinski definition) is 8. The SMILES string of the molecule is CC(N)(Cc1ccc(O)c(O)c1)C(=O)O.Cc1cc(O)c2c(c1)C(=O)c1cccc(O)c1C2=O. The molecular weight excluding hydrogens is 442 g/mol. The number of rotatable bonds is 3. The van der Waals surface area contributed by atoms with Crippen molar-refractivity contribution in [2.45, 2.75) is 25.8 Å². The third-order valence-electron chi connectivity index (χ3n) is 5.35. The van der Waals surface area contributed by atoms with Gasteiger partial charge in [0.25, 0.3) is 0 Å². The Morgan fingerprint density at radius 1 is 0.824 bits per heavy atom. The van der Waals surface area contributed by atoms with Crippen molar-refractivity contribution in [2.24, 2.45) is 5.73 Å². The van der Waals surface area contributed by atoms with Crippen LogP contribution in [0.3, 0.4) is 0 Å². The Morgan fingerprint density at radius 2 is 1.47 bits per heavy atom. The van der Waals surface area contributed by atoms with Gasteiger partial charge in [0, 0.05) is 17.5 Å². The number of carbonyl (C=O) groups is 3. The molecule has 3 aromatic carbocycles. The molecule has 1 atom stereocenters. The third-order valence-corrected chi connectivity index (χ3v) is 5.35. The number of hydrogen-bond donors (Lipinski definition) is 6. The molecule has 34 heavy (non-hydrogen) atoms. The normalized spacial score (nSPS) is 13.7. The van der Waals surface area contributed by atoms with E-state index in [1.54, 1.807) is 13.0 Å². The molecule has 0 heterocycles. The van der Waals surface area contributed by atoms with E-state index in [1.165, 1.54) is 49.4 Å². The fraction of sp³-hybridized carbons (Fsp3) is 0.160. The van der Waals surface area contributed by atoms with Gasteiger partial charge in [-0.05, 0) is 55.3 Å². The number of carbonyl (C=O) groups excluding carboxylic acids is 2. The van der Waals surface area contributed by atoms with Crippen LogP contribution < -0.4 is 5.73 Å². The van der Waals surface area contributed by atoms with Crippen LogP contribution in [0, 0.1) is 6.92 Å². The second-order valence-corrected chi connectivity index (χ2v) is 8.29. The standard InChI is InChI=1S/C15H10O4.C10H13NO4/c1-7-5-9-13(11(17)6-7)15(19)12-8(14(9)18)3-2-4-10(12)16;1-10(11,9(14)15)5-6-2-3-7(12)8(13)4-6/h2-6,16-17H,1H3;2-4,12-13H,5,11H2,1H3,(H,14,15). The van der Waals surface area contributed by atoms with Crippen molar-refractivity contribution < 1.29 is 39.9 Å². The summed E-state index contributed by atoms with van der Waals surface area (Å²) in [6, 6.07) is 11.5. The minimum Gasteiger partial charge on any atom is -0.507 e. The topological polar surface area (TPSA) is 178 Å². The molecule has 9 heteroatoms. The van der Waals surface area contributed by atoms with Crippen LogP contribution in [0.5, 0.6) is 23.0 Å². The van der Waals surface area contributed by atoms with E-state index in [0.717, 1.165) is 0 Å². The molecule has 176 valence electrons. The highest BCUT2D eigenvalue weighted by Crippen LogP contribution is 2.36.